The Morgan fingerprint density at radius 1 is 1.24 bits per heavy atom. The lowest BCUT2D eigenvalue weighted by Gasteiger charge is -2.20. The van der Waals surface area contributed by atoms with Gasteiger partial charge in [0, 0.05) is 20.0 Å². The summed E-state index contributed by atoms with van der Waals surface area (Å²) in [4.78, 5) is 14.1. The summed E-state index contributed by atoms with van der Waals surface area (Å²) in [6, 6.07) is 8.24. The van der Waals surface area contributed by atoms with Gasteiger partial charge in [0.25, 0.3) is 0 Å². The zero-order valence-electron chi connectivity index (χ0n) is 13.8. The van der Waals surface area contributed by atoms with Crippen LogP contribution >= 0.6 is 0 Å². The molecule has 1 atom stereocenters. The number of carbonyl (C=O) groups excluding carboxylic acids is 1. The van der Waals surface area contributed by atoms with E-state index < -0.39 is 0 Å². The number of nitrogens with two attached hydrogens (primary N) is 1. The molecule has 0 saturated heterocycles. The first kappa shape index (κ1) is 17.7. The second-order valence-corrected chi connectivity index (χ2v) is 5.95. The Morgan fingerprint density at radius 2 is 1.95 bits per heavy atom. The van der Waals surface area contributed by atoms with Gasteiger partial charge in [-0.25, -0.2) is 0 Å². The quantitative estimate of drug-likeness (QED) is 0.756. The van der Waals surface area contributed by atoms with E-state index in [1.807, 2.05) is 24.1 Å². The van der Waals surface area contributed by atoms with E-state index in [0.29, 0.717) is 18.9 Å². The molecule has 3 nitrogen and oxygen atoms in total. The Labute approximate surface area is 129 Å². The Morgan fingerprint density at radius 3 is 2.57 bits per heavy atom. The van der Waals surface area contributed by atoms with E-state index in [2.05, 4.69) is 26.0 Å². The lowest BCUT2D eigenvalue weighted by Crippen LogP contribution is -2.27. The average Bonchev–Trinajstić information content (AvgIpc) is 2.47. The first-order chi connectivity index (χ1) is 10.1. The van der Waals surface area contributed by atoms with Crippen LogP contribution in [0.3, 0.4) is 0 Å². The number of hydrogen-bond donors (Lipinski definition) is 1. The van der Waals surface area contributed by atoms with Crippen molar-refractivity contribution in [2.24, 2.45) is 11.7 Å². The molecule has 0 saturated carbocycles. The van der Waals surface area contributed by atoms with Crippen LogP contribution in [0.15, 0.2) is 24.3 Å². The van der Waals surface area contributed by atoms with Gasteiger partial charge in [-0.05, 0) is 43.4 Å². The van der Waals surface area contributed by atoms with Crippen LogP contribution in [0.5, 0.6) is 0 Å². The van der Waals surface area contributed by atoms with Crippen LogP contribution in [0.2, 0.25) is 0 Å². The van der Waals surface area contributed by atoms with Crippen LogP contribution in [0.4, 0.5) is 0 Å². The molecule has 0 spiro atoms. The van der Waals surface area contributed by atoms with Gasteiger partial charge in [-0.15, -0.1) is 0 Å². The molecule has 0 bridgehead atoms. The normalized spacial score (nSPS) is 12.2. The first-order valence-electron chi connectivity index (χ1n) is 8.07. The molecule has 1 amide bonds. The van der Waals surface area contributed by atoms with E-state index in [-0.39, 0.29) is 5.91 Å². The standard InChI is InChI=1S/C18H30N2O/c1-4-7-16(12-13-19)10-11-18(21)20(3)14-17-9-6-5-8-15(17)2/h5-6,8-9,16H,4,7,10-14,19H2,1-3H3. The van der Waals surface area contributed by atoms with Gasteiger partial charge < -0.3 is 10.6 Å². The highest BCUT2D eigenvalue weighted by molar-refractivity contribution is 5.75. The minimum atomic E-state index is 0.233. The zero-order valence-corrected chi connectivity index (χ0v) is 13.8. The fourth-order valence-electron chi connectivity index (χ4n) is 2.73. The highest BCUT2D eigenvalue weighted by atomic mass is 16.2. The minimum absolute atomic E-state index is 0.233. The van der Waals surface area contributed by atoms with Gasteiger partial charge >= 0.3 is 0 Å². The smallest absolute Gasteiger partial charge is 0.222 e. The van der Waals surface area contributed by atoms with Crippen molar-refractivity contribution in [3.63, 3.8) is 0 Å². The third kappa shape index (κ3) is 6.30. The summed E-state index contributed by atoms with van der Waals surface area (Å²) in [5, 5.41) is 0. The molecule has 0 aromatic heterocycles. The van der Waals surface area contributed by atoms with Gasteiger partial charge in [0.2, 0.25) is 5.91 Å². The number of nitrogens with zero attached hydrogens (tertiary/aromatic N) is 1. The van der Waals surface area contributed by atoms with Gasteiger partial charge in [-0.2, -0.15) is 0 Å². The molecule has 21 heavy (non-hydrogen) atoms. The highest BCUT2D eigenvalue weighted by Gasteiger charge is 2.14. The highest BCUT2D eigenvalue weighted by Crippen LogP contribution is 2.18. The second kappa shape index (κ2) is 9.56. The topological polar surface area (TPSA) is 46.3 Å². The van der Waals surface area contributed by atoms with Crippen molar-refractivity contribution in [1.29, 1.82) is 0 Å². The number of carbonyl (C=O) groups is 1. The zero-order chi connectivity index (χ0) is 15.7. The molecule has 0 radical (unpaired) electrons. The molecule has 0 aliphatic carbocycles. The summed E-state index contributed by atoms with van der Waals surface area (Å²) in [7, 11) is 1.90. The van der Waals surface area contributed by atoms with Gasteiger partial charge in [0.05, 0.1) is 0 Å². The minimum Gasteiger partial charge on any atom is -0.341 e. The predicted octanol–water partition coefficient (Wildman–Crippen LogP) is 3.50. The van der Waals surface area contributed by atoms with Crippen molar-refractivity contribution < 1.29 is 4.79 Å². The molecule has 0 aliphatic heterocycles. The Kier molecular flexibility index (Phi) is 8.06. The number of benzene rings is 1. The Bertz CT molecular complexity index is 425. The molecular formula is C18H30N2O. The largest absolute Gasteiger partial charge is 0.341 e. The van der Waals surface area contributed by atoms with Crippen LogP contribution in [-0.4, -0.2) is 24.4 Å². The fourth-order valence-corrected chi connectivity index (χ4v) is 2.73. The van der Waals surface area contributed by atoms with E-state index in [1.165, 1.54) is 17.5 Å². The summed E-state index contributed by atoms with van der Waals surface area (Å²) >= 11 is 0. The van der Waals surface area contributed by atoms with Crippen molar-refractivity contribution in [3.05, 3.63) is 35.4 Å². The fraction of sp³-hybridized carbons (Fsp3) is 0.611. The second-order valence-electron chi connectivity index (χ2n) is 5.95. The molecule has 118 valence electrons. The third-order valence-corrected chi connectivity index (χ3v) is 4.13. The van der Waals surface area contributed by atoms with E-state index >= 15 is 0 Å². The van der Waals surface area contributed by atoms with Gasteiger partial charge in [0.1, 0.15) is 0 Å². The molecule has 1 rings (SSSR count). The number of amides is 1. The van der Waals surface area contributed by atoms with Gasteiger partial charge in [0.15, 0.2) is 0 Å². The third-order valence-electron chi connectivity index (χ3n) is 4.13. The monoisotopic (exact) mass is 290 g/mol. The summed E-state index contributed by atoms with van der Waals surface area (Å²) < 4.78 is 0. The van der Waals surface area contributed by atoms with Gasteiger partial charge in [-0.1, -0.05) is 44.0 Å². The molecule has 0 heterocycles. The Balaban J connectivity index is 2.45. The van der Waals surface area contributed by atoms with Crippen LogP contribution in [-0.2, 0) is 11.3 Å². The predicted molar refractivity (Wildman–Crippen MR) is 89.0 cm³/mol. The molecule has 2 N–H and O–H groups in total. The maximum Gasteiger partial charge on any atom is 0.222 e. The van der Waals surface area contributed by atoms with Crippen molar-refractivity contribution >= 4 is 5.91 Å². The summed E-state index contributed by atoms with van der Waals surface area (Å²) in [6.45, 7) is 5.70. The molecule has 0 aliphatic rings. The lowest BCUT2D eigenvalue weighted by molar-refractivity contribution is -0.130. The molecular weight excluding hydrogens is 260 g/mol. The van der Waals surface area contributed by atoms with Crippen LogP contribution in [0.25, 0.3) is 0 Å². The van der Waals surface area contributed by atoms with Crippen molar-refractivity contribution in [1.82, 2.24) is 4.90 Å². The summed E-state index contributed by atoms with van der Waals surface area (Å²) in [5.74, 6) is 0.826. The number of rotatable bonds is 9. The van der Waals surface area contributed by atoms with E-state index in [4.69, 9.17) is 5.73 Å². The average molecular weight is 290 g/mol. The number of hydrogen-bond acceptors (Lipinski definition) is 2. The molecule has 3 heteroatoms. The first-order valence-corrected chi connectivity index (χ1v) is 8.07. The van der Waals surface area contributed by atoms with E-state index in [0.717, 1.165) is 25.8 Å². The Hall–Kier alpha value is -1.35. The van der Waals surface area contributed by atoms with Gasteiger partial charge in [-0.3, -0.25) is 4.79 Å². The SMILES string of the molecule is CCCC(CCN)CCC(=O)N(C)Cc1ccccc1C. The molecule has 1 aromatic carbocycles. The lowest BCUT2D eigenvalue weighted by atomic mass is 9.94. The van der Waals surface area contributed by atoms with Crippen LogP contribution < -0.4 is 5.73 Å². The molecule has 1 unspecified atom stereocenters. The van der Waals surface area contributed by atoms with Crippen LogP contribution in [0.1, 0.15) is 50.2 Å². The number of aryl methyl sites for hydroxylation is 1. The van der Waals surface area contributed by atoms with Crippen LogP contribution in [0, 0.1) is 12.8 Å². The maximum absolute atomic E-state index is 12.3. The van der Waals surface area contributed by atoms with Crippen molar-refractivity contribution in [2.45, 2.75) is 52.5 Å². The molecule has 1 aromatic rings. The van der Waals surface area contributed by atoms with Crippen molar-refractivity contribution in [3.8, 4) is 0 Å². The van der Waals surface area contributed by atoms with E-state index in [1.54, 1.807) is 0 Å². The summed E-state index contributed by atoms with van der Waals surface area (Å²) in [5.41, 5.74) is 8.11. The van der Waals surface area contributed by atoms with E-state index in [9.17, 15) is 4.79 Å². The van der Waals surface area contributed by atoms with Crippen molar-refractivity contribution in [2.75, 3.05) is 13.6 Å². The maximum atomic E-state index is 12.3. The summed E-state index contributed by atoms with van der Waals surface area (Å²) in [6.07, 6.45) is 4.96. The molecule has 0 fully saturated rings.